The number of hydrogen-bond acceptors (Lipinski definition) is 8. The van der Waals surface area contributed by atoms with Gasteiger partial charge >= 0.3 is 5.89 Å². The van der Waals surface area contributed by atoms with Gasteiger partial charge in [0.05, 0.1) is 52.2 Å². The summed E-state index contributed by atoms with van der Waals surface area (Å²) in [5.41, 5.74) is 2.73. The van der Waals surface area contributed by atoms with Crippen molar-refractivity contribution in [1.29, 1.82) is 0 Å². The predicted molar refractivity (Wildman–Crippen MR) is 154 cm³/mol. The van der Waals surface area contributed by atoms with Gasteiger partial charge in [0.1, 0.15) is 11.6 Å². The van der Waals surface area contributed by atoms with Crippen LogP contribution in [0.4, 0.5) is 11.4 Å². The molecule has 0 amide bonds. The molecule has 0 bridgehead atoms. The standard InChI is InChI=1S/C25H27Cl2N3O8S2/c1-28-20-15-18(26)19(27)16-21(20)29(10-4-12-39(31,32)33)24(28)6-3-7-25-30(11-5-13-40(34,35)36)22-14-17(37-2)8-9-23(22)38-25/h3,6-9,14-16H,4-5,10-13H2,1-2H3,(H-,31,32,33,34,35,36)/p+1. The average Bonchev–Trinajstić information content (AvgIpc) is 3.32. The van der Waals surface area contributed by atoms with Crippen molar-refractivity contribution in [2.75, 3.05) is 42.0 Å². The number of methoxy groups -OCH3 is 1. The summed E-state index contributed by atoms with van der Waals surface area (Å²) < 4.78 is 76.6. The third-order valence-corrected chi connectivity index (χ3v) is 8.61. The maximum atomic E-state index is 11.3. The fourth-order valence-electron chi connectivity index (χ4n) is 4.46. The molecular formula is C25H28Cl2N3O8S2+. The zero-order chi connectivity index (χ0) is 29.2. The topological polar surface area (TPSA) is 141 Å². The van der Waals surface area contributed by atoms with Crippen LogP contribution in [0.15, 0.2) is 52.7 Å². The molecule has 40 heavy (non-hydrogen) atoms. The van der Waals surface area contributed by atoms with Gasteiger partial charge in [0, 0.05) is 20.0 Å². The van der Waals surface area contributed by atoms with Crippen molar-refractivity contribution in [3.8, 4) is 5.75 Å². The molecule has 0 spiro atoms. The van der Waals surface area contributed by atoms with Crippen LogP contribution in [0.3, 0.4) is 0 Å². The Labute approximate surface area is 242 Å². The van der Waals surface area contributed by atoms with Crippen LogP contribution in [-0.2, 0) is 26.8 Å². The van der Waals surface area contributed by atoms with Crippen LogP contribution in [0.5, 0.6) is 5.75 Å². The number of hydrogen-bond donors (Lipinski definition) is 2. The van der Waals surface area contributed by atoms with E-state index in [1.165, 1.54) is 7.11 Å². The largest absolute Gasteiger partial charge is 0.497 e. The van der Waals surface area contributed by atoms with Crippen LogP contribution in [0.2, 0.25) is 10.0 Å². The van der Waals surface area contributed by atoms with Gasteiger partial charge < -0.3 is 19.0 Å². The molecule has 0 radical (unpaired) electrons. The molecule has 11 nitrogen and oxygen atoms in total. The molecule has 0 aliphatic carbocycles. The number of benzene rings is 2. The highest BCUT2D eigenvalue weighted by Gasteiger charge is 2.30. The number of anilines is 2. The van der Waals surface area contributed by atoms with Crippen LogP contribution in [-0.4, -0.2) is 58.1 Å². The molecular weight excluding hydrogens is 605 g/mol. The molecule has 1 aliphatic heterocycles. The van der Waals surface area contributed by atoms with Crippen LogP contribution >= 0.6 is 23.2 Å². The normalized spacial score (nSPS) is 15.1. The van der Waals surface area contributed by atoms with E-state index in [1.54, 1.807) is 53.1 Å². The molecule has 0 atom stereocenters. The van der Waals surface area contributed by atoms with E-state index in [0.717, 1.165) is 11.4 Å². The molecule has 1 aliphatic rings. The second kappa shape index (κ2) is 12.0. The summed E-state index contributed by atoms with van der Waals surface area (Å²) >= 11 is 12.5. The third-order valence-electron chi connectivity index (χ3n) is 6.28. The summed E-state index contributed by atoms with van der Waals surface area (Å²) in [6.07, 6.45) is 5.56. The molecule has 0 unspecified atom stereocenters. The Morgan fingerprint density at radius 1 is 1.00 bits per heavy atom. The van der Waals surface area contributed by atoms with Gasteiger partial charge in [-0.15, -0.1) is 0 Å². The summed E-state index contributed by atoms with van der Waals surface area (Å²) in [5, 5.41) is 0.708. The molecule has 15 heteroatoms. The number of fused-ring (bicyclic) bond motifs is 2. The fraction of sp³-hybridized carbons (Fsp3) is 0.320. The van der Waals surface area contributed by atoms with Gasteiger partial charge in [-0.3, -0.25) is 9.11 Å². The number of rotatable bonds is 11. The van der Waals surface area contributed by atoms with E-state index in [2.05, 4.69) is 0 Å². The van der Waals surface area contributed by atoms with Crippen molar-refractivity contribution >= 4 is 72.0 Å². The minimum absolute atomic E-state index is 0.151. The zero-order valence-corrected chi connectivity index (χ0v) is 24.8. The van der Waals surface area contributed by atoms with Gasteiger partial charge in [-0.1, -0.05) is 23.2 Å². The maximum absolute atomic E-state index is 11.3. The number of allylic oxidation sites excluding steroid dienone is 2. The molecule has 2 N–H and O–H groups in total. The fourth-order valence-corrected chi connectivity index (χ4v) is 5.77. The van der Waals surface area contributed by atoms with Crippen molar-refractivity contribution in [2.24, 2.45) is 0 Å². The first-order valence-corrected chi connectivity index (χ1v) is 16.0. The SMILES string of the molecule is COc1ccc2oc(C=CC=C3N(C)c4cc(Cl)c(Cl)cc4N3CCCS(=O)(=O)O)[n+](CCCS(=O)(=O)O)c2c1. The lowest BCUT2D eigenvalue weighted by molar-refractivity contribution is -0.677. The minimum Gasteiger partial charge on any atom is -0.497 e. The van der Waals surface area contributed by atoms with Gasteiger partial charge in [-0.2, -0.15) is 21.4 Å². The van der Waals surface area contributed by atoms with Crippen molar-refractivity contribution in [3.63, 3.8) is 0 Å². The average molecular weight is 634 g/mol. The van der Waals surface area contributed by atoms with E-state index < -0.39 is 31.7 Å². The van der Waals surface area contributed by atoms with Gasteiger partial charge in [0.2, 0.25) is 5.58 Å². The lowest BCUT2D eigenvalue weighted by atomic mass is 10.2. The number of oxazole rings is 1. The van der Waals surface area contributed by atoms with Crippen molar-refractivity contribution in [1.82, 2.24) is 0 Å². The summed E-state index contributed by atoms with van der Waals surface area (Å²) in [6, 6.07) is 8.68. The van der Waals surface area contributed by atoms with E-state index in [9.17, 15) is 21.4 Å². The van der Waals surface area contributed by atoms with Crippen molar-refractivity contribution in [2.45, 2.75) is 19.4 Å². The quantitative estimate of drug-likeness (QED) is 0.231. The van der Waals surface area contributed by atoms with E-state index in [0.29, 0.717) is 38.6 Å². The van der Waals surface area contributed by atoms with Crippen LogP contribution < -0.4 is 19.1 Å². The molecule has 3 aromatic rings. The minimum atomic E-state index is -4.13. The Balaban J connectivity index is 1.69. The van der Waals surface area contributed by atoms with Gasteiger partial charge in [0.15, 0.2) is 6.54 Å². The summed E-state index contributed by atoms with van der Waals surface area (Å²) in [7, 11) is -4.89. The van der Waals surface area contributed by atoms with E-state index in [1.807, 2.05) is 16.8 Å². The Kier molecular flexibility index (Phi) is 9.02. The second-order valence-electron chi connectivity index (χ2n) is 9.05. The van der Waals surface area contributed by atoms with Gasteiger partial charge in [-0.05, 0) is 42.8 Å². The first-order valence-electron chi connectivity index (χ1n) is 12.1. The molecule has 0 saturated heterocycles. The van der Waals surface area contributed by atoms with Crippen molar-refractivity contribution in [3.05, 3.63) is 64.2 Å². The lowest BCUT2D eigenvalue weighted by Gasteiger charge is -2.22. The Morgan fingerprint density at radius 2 is 1.65 bits per heavy atom. The molecule has 1 aromatic heterocycles. The Bertz CT molecular complexity index is 1700. The molecule has 0 saturated carbocycles. The number of nitrogens with zero attached hydrogens (tertiary/aromatic N) is 3. The lowest BCUT2D eigenvalue weighted by Crippen LogP contribution is -2.36. The second-order valence-corrected chi connectivity index (χ2v) is 13.0. The molecule has 2 heterocycles. The Morgan fingerprint density at radius 3 is 2.30 bits per heavy atom. The summed E-state index contributed by atoms with van der Waals surface area (Å²) in [6.45, 7) is 0.523. The van der Waals surface area contributed by atoms with E-state index in [-0.39, 0.29) is 25.9 Å². The zero-order valence-electron chi connectivity index (χ0n) is 21.6. The maximum Gasteiger partial charge on any atom is 0.374 e. The number of aryl methyl sites for hydroxylation is 1. The third kappa shape index (κ3) is 7.09. The van der Waals surface area contributed by atoms with E-state index in [4.69, 9.17) is 36.9 Å². The molecule has 0 fully saturated rings. The summed E-state index contributed by atoms with van der Waals surface area (Å²) in [4.78, 5) is 3.75. The van der Waals surface area contributed by atoms with E-state index >= 15 is 0 Å². The van der Waals surface area contributed by atoms with Crippen LogP contribution in [0.1, 0.15) is 18.7 Å². The molecule has 2 aromatic carbocycles. The smallest absolute Gasteiger partial charge is 0.374 e. The molecule has 216 valence electrons. The Hall–Kier alpha value is -2.81. The highest BCUT2D eigenvalue weighted by molar-refractivity contribution is 7.86. The molecule has 4 rings (SSSR count). The van der Waals surface area contributed by atoms with Crippen LogP contribution in [0, 0.1) is 0 Å². The number of aromatic nitrogens is 1. The first kappa shape index (κ1) is 30.2. The summed E-state index contributed by atoms with van der Waals surface area (Å²) in [5.74, 6) is 0.904. The highest BCUT2D eigenvalue weighted by Crippen LogP contribution is 2.44. The number of halogens is 2. The van der Waals surface area contributed by atoms with Gasteiger partial charge in [0.25, 0.3) is 25.8 Å². The predicted octanol–water partition coefficient (Wildman–Crippen LogP) is 4.40. The number of ether oxygens (including phenoxy) is 1. The van der Waals surface area contributed by atoms with Crippen molar-refractivity contribution < 1.29 is 39.7 Å². The first-order chi connectivity index (χ1) is 18.8. The van der Waals surface area contributed by atoms with Gasteiger partial charge in [-0.25, -0.2) is 0 Å². The van der Waals surface area contributed by atoms with Crippen LogP contribution in [0.25, 0.3) is 17.2 Å². The monoisotopic (exact) mass is 632 g/mol. The highest BCUT2D eigenvalue weighted by atomic mass is 35.5.